The quantitative estimate of drug-likeness (QED) is 0.621. The summed E-state index contributed by atoms with van der Waals surface area (Å²) in [6.45, 7) is 7.78. The zero-order valence-corrected chi connectivity index (χ0v) is 20.1. The number of hydrogen-bond acceptors (Lipinski definition) is 4. The predicted octanol–water partition coefficient (Wildman–Crippen LogP) is 5.30. The minimum absolute atomic E-state index is 0.0349. The summed E-state index contributed by atoms with van der Waals surface area (Å²) >= 11 is 1.67. The number of nitrogens with zero attached hydrogens (tertiary/aromatic N) is 1. The van der Waals surface area contributed by atoms with Gasteiger partial charge in [0.25, 0.3) is 0 Å². The SMILES string of the molecule is CC1(C)[C@H]2Cc3c(O)cccc3[C@]1(C)CCN2C(=O)C1CC[C@@H](NSc2ccccc2)C1. The highest BCUT2D eigenvalue weighted by Gasteiger charge is 2.57. The molecule has 0 radical (unpaired) electrons. The molecule has 2 fully saturated rings. The molecule has 2 N–H and O–H groups in total. The number of amides is 1. The summed E-state index contributed by atoms with van der Waals surface area (Å²) in [5, 5.41) is 10.6. The van der Waals surface area contributed by atoms with Crippen LogP contribution in [0.5, 0.6) is 5.75 Å². The largest absolute Gasteiger partial charge is 0.508 e. The van der Waals surface area contributed by atoms with Crippen LogP contribution in [0.15, 0.2) is 53.4 Å². The average molecular weight is 451 g/mol. The number of carbonyl (C=O) groups excluding carboxylic acids is 1. The van der Waals surface area contributed by atoms with E-state index in [-0.39, 0.29) is 22.8 Å². The predicted molar refractivity (Wildman–Crippen MR) is 130 cm³/mol. The summed E-state index contributed by atoms with van der Waals surface area (Å²) < 4.78 is 3.58. The second-order valence-corrected chi connectivity index (χ2v) is 11.5. The van der Waals surface area contributed by atoms with Gasteiger partial charge in [-0.15, -0.1) is 0 Å². The van der Waals surface area contributed by atoms with Gasteiger partial charge in [-0.25, -0.2) is 0 Å². The normalized spacial score (nSPS) is 30.7. The van der Waals surface area contributed by atoms with Crippen molar-refractivity contribution < 1.29 is 9.90 Å². The van der Waals surface area contributed by atoms with E-state index in [1.54, 1.807) is 18.0 Å². The van der Waals surface area contributed by atoms with E-state index in [4.69, 9.17) is 0 Å². The first kappa shape index (κ1) is 21.8. The monoisotopic (exact) mass is 450 g/mol. The second kappa shape index (κ2) is 8.11. The van der Waals surface area contributed by atoms with Crippen LogP contribution in [0, 0.1) is 11.3 Å². The van der Waals surface area contributed by atoms with Gasteiger partial charge in [-0.3, -0.25) is 9.52 Å². The van der Waals surface area contributed by atoms with Crippen molar-refractivity contribution in [3.8, 4) is 5.75 Å². The molecule has 5 rings (SSSR count). The van der Waals surface area contributed by atoms with Crippen LogP contribution in [0.1, 0.15) is 57.6 Å². The maximum Gasteiger partial charge on any atom is 0.226 e. The molecule has 1 heterocycles. The third kappa shape index (κ3) is 3.45. The molecular weight excluding hydrogens is 416 g/mol. The van der Waals surface area contributed by atoms with Crippen molar-refractivity contribution in [2.45, 2.75) is 75.3 Å². The second-order valence-electron chi connectivity index (χ2n) is 10.6. The summed E-state index contributed by atoms with van der Waals surface area (Å²) in [4.78, 5) is 17.1. The van der Waals surface area contributed by atoms with Gasteiger partial charge in [-0.05, 0) is 78.8 Å². The minimum atomic E-state index is -0.0406. The number of hydrogen-bond donors (Lipinski definition) is 2. The fraction of sp³-hybridized carbons (Fsp3) is 0.519. The van der Waals surface area contributed by atoms with E-state index < -0.39 is 0 Å². The molecule has 2 aromatic rings. The standard InChI is InChI=1S/C27H34N2O2S/c1-26(2)24-17-21-22(10-7-11-23(21)30)27(26,3)14-15-29(24)25(31)18-12-13-19(16-18)28-32-20-8-5-4-6-9-20/h4-11,18-19,24,28,30H,12-17H2,1-3H3/t18?,19-,24-,27+/m1/s1. The Kier molecular flexibility index (Phi) is 5.53. The molecule has 1 aliphatic heterocycles. The Morgan fingerprint density at radius 1 is 1.09 bits per heavy atom. The highest BCUT2D eigenvalue weighted by molar-refractivity contribution is 7.97. The highest BCUT2D eigenvalue weighted by atomic mass is 32.2. The Bertz CT molecular complexity index is 1010. The van der Waals surface area contributed by atoms with Crippen molar-refractivity contribution in [2.24, 2.45) is 11.3 Å². The Morgan fingerprint density at radius 2 is 1.88 bits per heavy atom. The van der Waals surface area contributed by atoms with Gasteiger partial charge in [-0.2, -0.15) is 0 Å². The zero-order chi connectivity index (χ0) is 22.5. The van der Waals surface area contributed by atoms with E-state index >= 15 is 0 Å². The van der Waals surface area contributed by atoms with Gasteiger partial charge in [0.05, 0.1) is 0 Å². The van der Waals surface area contributed by atoms with E-state index in [9.17, 15) is 9.90 Å². The number of benzene rings is 2. The topological polar surface area (TPSA) is 52.6 Å². The Hall–Kier alpha value is -1.98. The third-order valence-corrected chi connectivity index (χ3v) is 9.74. The van der Waals surface area contributed by atoms with Gasteiger partial charge in [0.2, 0.25) is 5.91 Å². The molecular formula is C27H34N2O2S. The molecule has 4 atom stereocenters. The van der Waals surface area contributed by atoms with Crippen molar-refractivity contribution in [1.82, 2.24) is 9.62 Å². The fourth-order valence-electron chi connectivity index (χ4n) is 6.38. The molecule has 1 amide bonds. The molecule has 2 aliphatic carbocycles. The lowest BCUT2D eigenvalue weighted by atomic mass is 9.51. The molecule has 170 valence electrons. The van der Waals surface area contributed by atoms with Crippen LogP contribution in [0.25, 0.3) is 0 Å². The van der Waals surface area contributed by atoms with E-state index in [1.165, 1.54) is 10.5 Å². The van der Waals surface area contributed by atoms with Crippen LogP contribution in [0.3, 0.4) is 0 Å². The molecule has 2 bridgehead atoms. The van der Waals surface area contributed by atoms with Crippen LogP contribution in [-0.4, -0.2) is 34.5 Å². The fourth-order valence-corrected chi connectivity index (χ4v) is 7.19. The number of aromatic hydroxyl groups is 1. The Labute approximate surface area is 195 Å². The smallest absolute Gasteiger partial charge is 0.226 e. The lowest BCUT2D eigenvalue weighted by Gasteiger charge is -2.61. The lowest BCUT2D eigenvalue weighted by Crippen LogP contribution is -2.65. The molecule has 3 aliphatic rings. The number of piperidine rings is 1. The van der Waals surface area contributed by atoms with Crippen LogP contribution in [-0.2, 0) is 16.6 Å². The maximum absolute atomic E-state index is 13.7. The molecule has 5 heteroatoms. The first-order valence-corrected chi connectivity index (χ1v) is 12.7. The van der Waals surface area contributed by atoms with Gasteiger partial charge in [0, 0.05) is 34.9 Å². The zero-order valence-electron chi connectivity index (χ0n) is 19.3. The molecule has 1 saturated carbocycles. The molecule has 4 nitrogen and oxygen atoms in total. The molecule has 0 aromatic heterocycles. The minimum Gasteiger partial charge on any atom is -0.508 e. The van der Waals surface area contributed by atoms with Gasteiger partial charge in [-0.1, -0.05) is 51.1 Å². The molecule has 32 heavy (non-hydrogen) atoms. The lowest BCUT2D eigenvalue weighted by molar-refractivity contribution is -0.148. The summed E-state index contributed by atoms with van der Waals surface area (Å²) in [6.07, 6.45) is 4.58. The number of phenolic OH excluding ortho intramolecular Hbond substituents is 1. The van der Waals surface area contributed by atoms with Gasteiger partial charge < -0.3 is 10.0 Å². The van der Waals surface area contributed by atoms with Crippen LogP contribution >= 0.6 is 11.9 Å². The van der Waals surface area contributed by atoms with E-state index in [2.05, 4.69) is 60.7 Å². The molecule has 0 spiro atoms. The maximum atomic E-state index is 13.7. The van der Waals surface area contributed by atoms with Crippen molar-refractivity contribution >= 4 is 17.9 Å². The summed E-state index contributed by atoms with van der Waals surface area (Å²) in [5.41, 5.74) is 2.24. The number of likely N-dealkylation sites (tertiary alicyclic amines) is 1. The number of nitrogens with one attached hydrogen (secondary N) is 1. The molecule has 1 saturated heterocycles. The summed E-state index contributed by atoms with van der Waals surface area (Å²) in [5.74, 6) is 0.791. The van der Waals surface area contributed by atoms with E-state index in [0.717, 1.165) is 44.2 Å². The van der Waals surface area contributed by atoms with Gasteiger partial charge in [0.15, 0.2) is 0 Å². The number of phenols is 1. The number of carbonyl (C=O) groups is 1. The van der Waals surface area contributed by atoms with Gasteiger partial charge in [0.1, 0.15) is 5.75 Å². The van der Waals surface area contributed by atoms with E-state index in [1.807, 2.05) is 12.1 Å². The molecule has 2 aromatic carbocycles. The summed E-state index contributed by atoms with van der Waals surface area (Å²) in [6, 6.07) is 16.8. The Morgan fingerprint density at radius 3 is 2.66 bits per heavy atom. The van der Waals surface area contributed by atoms with Crippen molar-refractivity contribution in [2.75, 3.05) is 6.54 Å². The average Bonchev–Trinajstić information content (AvgIpc) is 3.25. The Balaban J connectivity index is 1.31. The first-order chi connectivity index (χ1) is 15.3. The van der Waals surface area contributed by atoms with Crippen molar-refractivity contribution in [1.29, 1.82) is 0 Å². The number of rotatable bonds is 4. The van der Waals surface area contributed by atoms with Crippen molar-refractivity contribution in [3.63, 3.8) is 0 Å². The number of fused-ring (bicyclic) bond motifs is 4. The third-order valence-electron chi connectivity index (χ3n) is 8.78. The van der Waals surface area contributed by atoms with Crippen LogP contribution in [0.4, 0.5) is 0 Å². The first-order valence-electron chi connectivity index (χ1n) is 11.9. The van der Waals surface area contributed by atoms with E-state index in [0.29, 0.717) is 17.7 Å². The van der Waals surface area contributed by atoms with Gasteiger partial charge >= 0.3 is 0 Å². The van der Waals surface area contributed by atoms with Crippen LogP contribution in [0.2, 0.25) is 0 Å². The van der Waals surface area contributed by atoms with Crippen molar-refractivity contribution in [3.05, 3.63) is 59.7 Å². The summed E-state index contributed by atoms with van der Waals surface area (Å²) in [7, 11) is 0. The molecule has 1 unspecified atom stereocenters. The van der Waals surface area contributed by atoms with Crippen LogP contribution < -0.4 is 4.72 Å². The highest BCUT2D eigenvalue weighted by Crippen LogP contribution is 2.57.